The third-order valence-corrected chi connectivity index (χ3v) is 6.55. The van der Waals surface area contributed by atoms with Gasteiger partial charge in [0.1, 0.15) is 6.54 Å². The summed E-state index contributed by atoms with van der Waals surface area (Å²) in [4.78, 5) is 37.5. The maximum absolute atomic E-state index is 13.0. The normalized spacial score (nSPS) is 14.0. The number of fused-ring (bicyclic) bond motifs is 1. The van der Waals surface area contributed by atoms with E-state index in [1.165, 1.54) is 48.6 Å². The second kappa shape index (κ2) is 10.6. The number of carbonyl (C=O) groups excluding carboxylic acids is 1. The van der Waals surface area contributed by atoms with Crippen LogP contribution in [-0.4, -0.2) is 36.5 Å². The number of amides is 1. The van der Waals surface area contributed by atoms with Crippen LogP contribution >= 0.6 is 0 Å². The third kappa shape index (κ3) is 5.35. The van der Waals surface area contributed by atoms with Gasteiger partial charge in [-0.15, -0.1) is 0 Å². The Bertz CT molecular complexity index is 1360. The van der Waals surface area contributed by atoms with Crippen molar-refractivity contribution >= 4 is 34.8 Å². The van der Waals surface area contributed by atoms with Crippen LogP contribution < -0.4 is 10.6 Å². The summed E-state index contributed by atoms with van der Waals surface area (Å²) in [5.74, 6) is -0.296. The lowest BCUT2D eigenvalue weighted by atomic mass is 9.84. The number of aliphatic carboxylic acids is 1. The van der Waals surface area contributed by atoms with Gasteiger partial charge >= 0.3 is 5.97 Å². The first-order valence-electron chi connectivity index (χ1n) is 12.2. The number of carboxylic acid groups (broad SMARTS) is 1. The molecule has 1 aliphatic carbocycles. The van der Waals surface area contributed by atoms with E-state index < -0.39 is 5.97 Å². The van der Waals surface area contributed by atoms with Gasteiger partial charge in [-0.05, 0) is 42.0 Å². The second-order valence-corrected chi connectivity index (χ2v) is 9.08. The van der Waals surface area contributed by atoms with E-state index in [0.717, 1.165) is 5.56 Å². The van der Waals surface area contributed by atoms with E-state index in [1.807, 2.05) is 54.6 Å². The van der Waals surface area contributed by atoms with Crippen molar-refractivity contribution in [2.75, 3.05) is 10.6 Å². The predicted molar refractivity (Wildman–Crippen MR) is 137 cm³/mol. The van der Waals surface area contributed by atoms with Crippen molar-refractivity contribution < 1.29 is 14.7 Å². The zero-order valence-corrected chi connectivity index (χ0v) is 19.9. The van der Waals surface area contributed by atoms with E-state index in [0.29, 0.717) is 35.0 Å². The lowest BCUT2D eigenvalue weighted by molar-refractivity contribution is -0.137. The number of hydrogen-bond acceptors (Lipinski definition) is 6. The molecular formula is C27H28N6O3. The minimum atomic E-state index is -1.02. The summed E-state index contributed by atoms with van der Waals surface area (Å²) in [5.41, 5.74) is 3.58. The Labute approximate surface area is 208 Å². The van der Waals surface area contributed by atoms with E-state index in [4.69, 9.17) is 0 Å². The van der Waals surface area contributed by atoms with Crippen molar-refractivity contribution in [1.82, 2.24) is 19.5 Å². The van der Waals surface area contributed by atoms with E-state index in [2.05, 4.69) is 25.6 Å². The van der Waals surface area contributed by atoms with Crippen molar-refractivity contribution in [3.63, 3.8) is 0 Å². The Morgan fingerprint density at radius 1 is 0.972 bits per heavy atom. The molecule has 2 aromatic carbocycles. The first-order chi connectivity index (χ1) is 17.6. The van der Waals surface area contributed by atoms with Crippen LogP contribution in [0.2, 0.25) is 0 Å². The van der Waals surface area contributed by atoms with Crippen LogP contribution in [0.3, 0.4) is 0 Å². The molecule has 2 heterocycles. The summed E-state index contributed by atoms with van der Waals surface area (Å²) >= 11 is 0. The van der Waals surface area contributed by atoms with Gasteiger partial charge in [-0.1, -0.05) is 61.7 Å². The van der Waals surface area contributed by atoms with Gasteiger partial charge in [0.15, 0.2) is 17.0 Å². The summed E-state index contributed by atoms with van der Waals surface area (Å²) in [6.07, 6.45) is 7.62. The number of anilines is 2. The number of nitrogens with zero attached hydrogens (tertiary/aromatic N) is 4. The van der Waals surface area contributed by atoms with Gasteiger partial charge in [-0.3, -0.25) is 14.9 Å². The SMILES string of the molecule is O=C(O)Cn1cnc2c(NCc3ccccc3)nc(NC(=O)c3ccc(C4CCCCC4)cc3)nc21. The molecule has 1 aliphatic rings. The Hall–Kier alpha value is -4.27. The van der Waals surface area contributed by atoms with E-state index in [-0.39, 0.29) is 18.4 Å². The molecular weight excluding hydrogens is 456 g/mol. The minimum Gasteiger partial charge on any atom is -0.480 e. The molecule has 0 atom stereocenters. The summed E-state index contributed by atoms with van der Waals surface area (Å²) in [6, 6.07) is 17.5. The molecule has 36 heavy (non-hydrogen) atoms. The fourth-order valence-corrected chi connectivity index (χ4v) is 4.68. The number of imidazole rings is 1. The summed E-state index contributed by atoms with van der Waals surface area (Å²) < 4.78 is 1.42. The molecule has 184 valence electrons. The first-order valence-corrected chi connectivity index (χ1v) is 12.2. The molecule has 3 N–H and O–H groups in total. The van der Waals surface area contributed by atoms with Crippen LogP contribution in [0.15, 0.2) is 60.9 Å². The molecule has 1 fully saturated rings. The Morgan fingerprint density at radius 3 is 2.44 bits per heavy atom. The molecule has 1 amide bonds. The number of hydrogen-bond donors (Lipinski definition) is 3. The molecule has 0 aliphatic heterocycles. The van der Waals surface area contributed by atoms with Crippen molar-refractivity contribution in [2.24, 2.45) is 0 Å². The molecule has 4 aromatic rings. The lowest BCUT2D eigenvalue weighted by Gasteiger charge is -2.22. The summed E-state index contributed by atoms with van der Waals surface area (Å²) in [7, 11) is 0. The van der Waals surface area contributed by atoms with Crippen LogP contribution in [-0.2, 0) is 17.9 Å². The average molecular weight is 485 g/mol. The monoisotopic (exact) mass is 484 g/mol. The molecule has 0 saturated heterocycles. The van der Waals surface area contributed by atoms with Crippen molar-refractivity contribution in [1.29, 1.82) is 0 Å². The second-order valence-electron chi connectivity index (χ2n) is 9.08. The highest BCUT2D eigenvalue weighted by molar-refractivity contribution is 6.04. The average Bonchev–Trinajstić information content (AvgIpc) is 3.30. The molecule has 2 aromatic heterocycles. The molecule has 9 heteroatoms. The van der Waals surface area contributed by atoms with Crippen molar-refractivity contribution in [3.8, 4) is 0 Å². The number of nitrogens with one attached hydrogen (secondary N) is 2. The minimum absolute atomic E-state index is 0.0755. The van der Waals surface area contributed by atoms with Crippen molar-refractivity contribution in [3.05, 3.63) is 77.6 Å². The topological polar surface area (TPSA) is 122 Å². The number of rotatable bonds is 8. The highest BCUT2D eigenvalue weighted by atomic mass is 16.4. The first kappa shape index (κ1) is 23.5. The number of carboxylic acids is 1. The summed E-state index contributed by atoms with van der Waals surface area (Å²) in [6.45, 7) is 0.177. The molecule has 0 bridgehead atoms. The van der Waals surface area contributed by atoms with Gasteiger partial charge in [-0.25, -0.2) is 4.98 Å². The molecule has 1 saturated carbocycles. The van der Waals surface area contributed by atoms with Crippen LogP contribution in [0.5, 0.6) is 0 Å². The number of aromatic nitrogens is 4. The van der Waals surface area contributed by atoms with Crippen molar-refractivity contribution in [2.45, 2.75) is 51.1 Å². The van der Waals surface area contributed by atoms with Gasteiger partial charge in [-0.2, -0.15) is 9.97 Å². The fourth-order valence-electron chi connectivity index (χ4n) is 4.68. The molecule has 0 unspecified atom stereocenters. The third-order valence-electron chi connectivity index (χ3n) is 6.55. The largest absolute Gasteiger partial charge is 0.480 e. The predicted octanol–water partition coefficient (Wildman–Crippen LogP) is 4.82. The molecule has 5 rings (SSSR count). The zero-order valence-electron chi connectivity index (χ0n) is 19.9. The summed E-state index contributed by atoms with van der Waals surface area (Å²) in [5, 5.41) is 15.3. The van der Waals surface area contributed by atoms with Crippen LogP contribution in [0.4, 0.5) is 11.8 Å². The van der Waals surface area contributed by atoms with Gasteiger partial charge in [0.05, 0.1) is 6.33 Å². The van der Waals surface area contributed by atoms with Gasteiger partial charge in [0.2, 0.25) is 5.95 Å². The van der Waals surface area contributed by atoms with Gasteiger partial charge < -0.3 is 15.0 Å². The van der Waals surface area contributed by atoms with Gasteiger partial charge in [0.25, 0.3) is 5.91 Å². The van der Waals surface area contributed by atoms with Gasteiger partial charge in [0, 0.05) is 12.1 Å². The maximum Gasteiger partial charge on any atom is 0.323 e. The highest BCUT2D eigenvalue weighted by Gasteiger charge is 2.18. The Balaban J connectivity index is 1.39. The van der Waals surface area contributed by atoms with Crippen LogP contribution in [0.1, 0.15) is 59.5 Å². The standard InChI is InChI=1S/C27H28N6O3/c34-22(35)16-33-17-29-23-24(28-15-18-7-3-1-4-8-18)30-27(31-25(23)33)32-26(36)21-13-11-20(12-14-21)19-9-5-2-6-10-19/h1,3-4,7-8,11-14,17,19H,2,5-6,9-10,15-16H2,(H,34,35)(H2,28,30,31,32,36). The van der Waals surface area contributed by atoms with Crippen LogP contribution in [0.25, 0.3) is 11.2 Å². The lowest BCUT2D eigenvalue weighted by Crippen LogP contribution is -2.16. The fraction of sp³-hybridized carbons (Fsp3) is 0.296. The zero-order chi connectivity index (χ0) is 24.9. The Morgan fingerprint density at radius 2 is 1.72 bits per heavy atom. The van der Waals surface area contributed by atoms with E-state index >= 15 is 0 Å². The van der Waals surface area contributed by atoms with Crippen LogP contribution in [0, 0.1) is 0 Å². The molecule has 0 radical (unpaired) electrons. The molecule has 9 nitrogen and oxygen atoms in total. The van der Waals surface area contributed by atoms with E-state index in [9.17, 15) is 14.7 Å². The quantitative estimate of drug-likeness (QED) is 0.328. The number of carbonyl (C=O) groups is 2. The number of benzene rings is 2. The van der Waals surface area contributed by atoms with E-state index in [1.54, 1.807) is 0 Å². The smallest absolute Gasteiger partial charge is 0.323 e. The maximum atomic E-state index is 13.0. The molecule has 0 spiro atoms. The Kier molecular flexibility index (Phi) is 6.88. The highest BCUT2D eigenvalue weighted by Crippen LogP contribution is 2.32.